The van der Waals surface area contributed by atoms with Gasteiger partial charge in [-0.15, -0.1) is 0 Å². The van der Waals surface area contributed by atoms with E-state index in [1.54, 1.807) is 12.4 Å². The van der Waals surface area contributed by atoms with Gasteiger partial charge in [-0.25, -0.2) is 0 Å². The summed E-state index contributed by atoms with van der Waals surface area (Å²) >= 11 is 0. The lowest BCUT2D eigenvalue weighted by atomic mass is 9.96. The molecule has 0 unspecified atom stereocenters. The first-order valence-electron chi connectivity index (χ1n) is 12.7. The number of benzene rings is 4. The van der Waals surface area contributed by atoms with Gasteiger partial charge < -0.3 is 9.42 Å². The molecule has 1 aliphatic heterocycles. The Morgan fingerprint density at radius 2 is 1.21 bits per heavy atom. The van der Waals surface area contributed by atoms with E-state index in [1.807, 2.05) is 79.7 Å². The SMILES string of the molecule is CCO[P@]1(=O)C(c2ccc(N(c3ccccc3)c3ccccc3)cc2)=C(c2ccncc2)c2ccccc21. The van der Waals surface area contributed by atoms with E-state index in [9.17, 15) is 4.57 Å². The molecular formula is C33H27N2O2P. The summed E-state index contributed by atoms with van der Waals surface area (Å²) in [7, 11) is -3.32. The van der Waals surface area contributed by atoms with E-state index in [4.69, 9.17) is 4.52 Å². The minimum atomic E-state index is -3.32. The topological polar surface area (TPSA) is 42.4 Å². The molecule has 0 bridgehead atoms. The standard InChI is InChI=1S/C33H27N2O2P/c1-2-37-38(36)31-16-10-9-15-30(31)32(25-21-23-34-24-22-25)33(38)26-17-19-29(20-18-26)35(27-11-5-3-6-12-27)28-13-7-4-8-14-28/h3-24H,2H2,1H3/t38-/m0/s1. The van der Waals surface area contributed by atoms with E-state index >= 15 is 0 Å². The fraction of sp³-hybridized carbons (Fsp3) is 0.0606. The van der Waals surface area contributed by atoms with E-state index in [0.717, 1.165) is 49.9 Å². The van der Waals surface area contributed by atoms with E-state index in [-0.39, 0.29) is 0 Å². The van der Waals surface area contributed by atoms with Crippen LogP contribution in [-0.2, 0) is 9.09 Å². The number of fused-ring (bicyclic) bond motifs is 1. The third kappa shape index (κ3) is 4.18. The van der Waals surface area contributed by atoms with Gasteiger partial charge in [0, 0.05) is 40.3 Å². The first-order valence-corrected chi connectivity index (χ1v) is 14.3. The Balaban J connectivity index is 1.53. The summed E-state index contributed by atoms with van der Waals surface area (Å²) < 4.78 is 20.8. The number of hydrogen-bond donors (Lipinski definition) is 0. The molecule has 0 radical (unpaired) electrons. The number of pyridine rings is 1. The third-order valence-corrected chi connectivity index (χ3v) is 9.45. The lowest BCUT2D eigenvalue weighted by Crippen LogP contribution is -2.10. The maximum Gasteiger partial charge on any atom is 0.263 e. The van der Waals surface area contributed by atoms with Crippen LogP contribution in [0.3, 0.4) is 0 Å². The van der Waals surface area contributed by atoms with E-state index < -0.39 is 7.37 Å². The molecule has 0 spiro atoms. The molecule has 6 rings (SSSR count). The van der Waals surface area contributed by atoms with Crippen LogP contribution in [0.4, 0.5) is 17.1 Å². The molecule has 0 fully saturated rings. The minimum Gasteiger partial charge on any atom is -0.322 e. The Bertz CT molecular complexity index is 1590. The average Bonchev–Trinajstić information content (AvgIpc) is 3.24. The van der Waals surface area contributed by atoms with Crippen molar-refractivity contribution in [1.82, 2.24) is 4.98 Å². The van der Waals surface area contributed by atoms with Crippen LogP contribution in [0.5, 0.6) is 0 Å². The second kappa shape index (κ2) is 10.3. The minimum absolute atomic E-state index is 0.354. The highest BCUT2D eigenvalue weighted by Gasteiger charge is 2.43. The molecule has 186 valence electrons. The van der Waals surface area contributed by atoms with Crippen molar-refractivity contribution >= 4 is 40.6 Å². The van der Waals surface area contributed by atoms with Crippen LogP contribution < -0.4 is 10.2 Å². The molecule has 1 aromatic heterocycles. The predicted molar refractivity (Wildman–Crippen MR) is 157 cm³/mol. The number of anilines is 3. The van der Waals surface area contributed by atoms with Gasteiger partial charge >= 0.3 is 0 Å². The van der Waals surface area contributed by atoms with Gasteiger partial charge in [0.25, 0.3) is 7.37 Å². The maximum absolute atomic E-state index is 14.7. The third-order valence-electron chi connectivity index (χ3n) is 6.73. The van der Waals surface area contributed by atoms with Gasteiger partial charge in [-0.1, -0.05) is 66.7 Å². The molecule has 1 aliphatic rings. The quantitative estimate of drug-likeness (QED) is 0.205. The molecule has 5 aromatic rings. The zero-order chi connectivity index (χ0) is 26.0. The molecular weight excluding hydrogens is 487 g/mol. The van der Waals surface area contributed by atoms with Crippen molar-refractivity contribution in [3.8, 4) is 0 Å². The Kier molecular flexibility index (Phi) is 6.51. The molecule has 38 heavy (non-hydrogen) atoms. The Morgan fingerprint density at radius 1 is 0.658 bits per heavy atom. The van der Waals surface area contributed by atoms with Crippen LogP contribution in [-0.4, -0.2) is 11.6 Å². The molecule has 2 heterocycles. The smallest absolute Gasteiger partial charge is 0.263 e. The van der Waals surface area contributed by atoms with Crippen molar-refractivity contribution in [1.29, 1.82) is 0 Å². The molecule has 0 N–H and O–H groups in total. The van der Waals surface area contributed by atoms with Crippen molar-refractivity contribution in [3.05, 3.63) is 150 Å². The van der Waals surface area contributed by atoms with E-state index in [2.05, 4.69) is 58.4 Å². The summed E-state index contributed by atoms with van der Waals surface area (Å²) in [5.74, 6) is 0. The van der Waals surface area contributed by atoms with Gasteiger partial charge in [-0.2, -0.15) is 0 Å². The summed E-state index contributed by atoms with van der Waals surface area (Å²) in [5.41, 5.74) is 6.89. The fourth-order valence-electron chi connectivity index (χ4n) is 5.15. The van der Waals surface area contributed by atoms with Crippen LogP contribution in [0.2, 0.25) is 0 Å². The second-order valence-electron chi connectivity index (χ2n) is 9.00. The molecule has 4 nitrogen and oxygen atoms in total. The van der Waals surface area contributed by atoms with Crippen LogP contribution in [0.1, 0.15) is 23.6 Å². The average molecular weight is 515 g/mol. The Labute approximate surface area is 223 Å². The molecule has 0 amide bonds. The summed E-state index contributed by atoms with van der Waals surface area (Å²) in [6.45, 7) is 2.25. The summed E-state index contributed by atoms with van der Waals surface area (Å²) in [6, 6.07) is 40.7. The van der Waals surface area contributed by atoms with Crippen molar-refractivity contribution < 1.29 is 9.09 Å². The highest BCUT2D eigenvalue weighted by Crippen LogP contribution is 2.66. The van der Waals surface area contributed by atoms with Crippen LogP contribution in [0, 0.1) is 0 Å². The molecule has 5 heteroatoms. The van der Waals surface area contributed by atoms with Gasteiger partial charge in [-0.05, 0) is 78.2 Å². The van der Waals surface area contributed by atoms with Crippen LogP contribution >= 0.6 is 7.37 Å². The number of hydrogen-bond acceptors (Lipinski definition) is 4. The number of rotatable bonds is 7. The molecule has 1 atom stereocenters. The van der Waals surface area contributed by atoms with Gasteiger partial charge in [0.05, 0.1) is 11.9 Å². The van der Waals surface area contributed by atoms with Crippen molar-refractivity contribution in [2.24, 2.45) is 0 Å². The number of aromatic nitrogens is 1. The summed E-state index contributed by atoms with van der Waals surface area (Å²) in [4.78, 5) is 6.42. The number of nitrogens with zero attached hydrogens (tertiary/aromatic N) is 2. The normalized spacial score (nSPS) is 16.3. The summed E-state index contributed by atoms with van der Waals surface area (Å²) in [5, 5.41) is 1.49. The lowest BCUT2D eigenvalue weighted by molar-refractivity contribution is 0.349. The Hall–Kier alpha value is -4.24. The highest BCUT2D eigenvalue weighted by atomic mass is 31.2. The zero-order valence-corrected chi connectivity index (χ0v) is 22.0. The molecule has 0 saturated carbocycles. The van der Waals surface area contributed by atoms with Crippen LogP contribution in [0.15, 0.2) is 134 Å². The lowest BCUT2D eigenvalue weighted by Gasteiger charge is -2.26. The first-order chi connectivity index (χ1) is 18.7. The second-order valence-corrected chi connectivity index (χ2v) is 11.3. The summed E-state index contributed by atoms with van der Waals surface area (Å²) in [6.07, 6.45) is 3.54. The fourth-order valence-corrected chi connectivity index (χ4v) is 7.84. The van der Waals surface area contributed by atoms with E-state index in [1.165, 1.54) is 0 Å². The van der Waals surface area contributed by atoms with Crippen molar-refractivity contribution in [2.45, 2.75) is 6.92 Å². The molecule has 4 aromatic carbocycles. The van der Waals surface area contributed by atoms with Gasteiger partial charge in [0.1, 0.15) is 0 Å². The number of para-hydroxylation sites is 2. The van der Waals surface area contributed by atoms with Gasteiger partial charge in [0.15, 0.2) is 0 Å². The Morgan fingerprint density at radius 3 is 1.82 bits per heavy atom. The van der Waals surface area contributed by atoms with Gasteiger partial charge in [-0.3, -0.25) is 9.55 Å². The zero-order valence-electron chi connectivity index (χ0n) is 21.1. The van der Waals surface area contributed by atoms with Crippen molar-refractivity contribution in [2.75, 3.05) is 11.5 Å². The maximum atomic E-state index is 14.7. The first kappa shape index (κ1) is 24.1. The molecule has 0 saturated heterocycles. The highest BCUT2D eigenvalue weighted by molar-refractivity contribution is 7.78. The van der Waals surface area contributed by atoms with Gasteiger partial charge in [0.2, 0.25) is 0 Å². The van der Waals surface area contributed by atoms with Crippen molar-refractivity contribution in [3.63, 3.8) is 0 Å². The van der Waals surface area contributed by atoms with E-state index in [0.29, 0.717) is 6.61 Å². The largest absolute Gasteiger partial charge is 0.322 e. The van der Waals surface area contributed by atoms with Crippen LogP contribution in [0.25, 0.3) is 10.9 Å². The predicted octanol–water partition coefficient (Wildman–Crippen LogP) is 8.42. The monoisotopic (exact) mass is 514 g/mol. The molecule has 0 aliphatic carbocycles.